The zero-order valence-corrected chi connectivity index (χ0v) is 16.9. The molecule has 4 aromatic rings. The lowest BCUT2D eigenvalue weighted by Gasteiger charge is -2.16. The minimum Gasteiger partial charge on any atom is -0.342 e. The van der Waals surface area contributed by atoms with Crippen molar-refractivity contribution in [1.82, 2.24) is 4.57 Å². The second-order valence-corrected chi connectivity index (χ2v) is 8.44. The van der Waals surface area contributed by atoms with Crippen molar-refractivity contribution in [2.45, 2.75) is 27.3 Å². The number of rotatable bonds is 4. The van der Waals surface area contributed by atoms with Crippen molar-refractivity contribution in [3.8, 4) is 11.1 Å². The van der Waals surface area contributed by atoms with E-state index in [1.54, 1.807) is 12.1 Å². The molecule has 0 radical (unpaired) electrons. The zero-order chi connectivity index (χ0) is 20.6. The largest absolute Gasteiger partial charge is 0.342 e. The Kier molecular flexibility index (Phi) is 4.83. The Morgan fingerprint density at radius 3 is 2.24 bits per heavy atom. The molecule has 0 fully saturated rings. The number of ketones is 1. The molecule has 0 bridgehead atoms. The monoisotopic (exact) mass is 385 g/mol. The van der Waals surface area contributed by atoms with Gasteiger partial charge in [0.05, 0.1) is 0 Å². The Labute approximate surface area is 170 Å². The number of carbonyl (C=O) groups excluding carboxylic acids is 1. The van der Waals surface area contributed by atoms with Gasteiger partial charge >= 0.3 is 0 Å². The van der Waals surface area contributed by atoms with Crippen molar-refractivity contribution in [3.05, 3.63) is 95.9 Å². The first kappa shape index (κ1) is 19.1. The Hall–Kier alpha value is -3.20. The maximum absolute atomic E-state index is 13.5. The number of hydrogen-bond donors (Lipinski definition) is 0. The quantitative estimate of drug-likeness (QED) is 0.357. The van der Waals surface area contributed by atoms with Gasteiger partial charge in [0.15, 0.2) is 5.78 Å². The molecule has 0 aliphatic heterocycles. The lowest BCUT2D eigenvalue weighted by atomic mass is 9.85. The first-order valence-electron chi connectivity index (χ1n) is 9.81. The molecule has 3 aromatic carbocycles. The number of halogens is 1. The molecule has 2 nitrogen and oxygen atoms in total. The van der Waals surface area contributed by atoms with Gasteiger partial charge in [0.1, 0.15) is 5.82 Å². The normalized spacial score (nSPS) is 11.7. The highest BCUT2D eigenvalue weighted by Crippen LogP contribution is 2.36. The maximum atomic E-state index is 13.5. The minimum absolute atomic E-state index is 0.101. The first-order chi connectivity index (χ1) is 13.8. The van der Waals surface area contributed by atoms with Gasteiger partial charge in [-0.25, -0.2) is 4.39 Å². The molecular formula is C26H24FNO. The van der Waals surface area contributed by atoms with E-state index in [0.717, 1.165) is 22.0 Å². The molecule has 0 saturated carbocycles. The fraction of sp³-hybridized carbons (Fsp3) is 0.192. The van der Waals surface area contributed by atoms with Crippen molar-refractivity contribution in [3.63, 3.8) is 0 Å². The van der Waals surface area contributed by atoms with Gasteiger partial charge < -0.3 is 4.57 Å². The third kappa shape index (κ3) is 3.73. The molecule has 0 unspecified atom stereocenters. The van der Waals surface area contributed by atoms with Crippen LogP contribution in [0.4, 0.5) is 4.39 Å². The van der Waals surface area contributed by atoms with Crippen molar-refractivity contribution in [1.29, 1.82) is 0 Å². The summed E-state index contributed by atoms with van der Waals surface area (Å²) in [6, 6.07) is 22.7. The average molecular weight is 385 g/mol. The van der Waals surface area contributed by atoms with Crippen LogP contribution in [0.25, 0.3) is 22.0 Å². The van der Waals surface area contributed by atoms with Crippen LogP contribution < -0.4 is 0 Å². The molecule has 1 aromatic heterocycles. The summed E-state index contributed by atoms with van der Waals surface area (Å²) >= 11 is 0. The third-order valence-electron chi connectivity index (χ3n) is 5.18. The van der Waals surface area contributed by atoms with Gasteiger partial charge in [-0.2, -0.15) is 0 Å². The van der Waals surface area contributed by atoms with Crippen LogP contribution in [0.3, 0.4) is 0 Å². The van der Waals surface area contributed by atoms with Gasteiger partial charge in [-0.3, -0.25) is 4.79 Å². The van der Waals surface area contributed by atoms with Crippen LogP contribution in [0.15, 0.2) is 79.0 Å². The van der Waals surface area contributed by atoms with E-state index in [9.17, 15) is 9.18 Å². The van der Waals surface area contributed by atoms with E-state index in [1.807, 2.05) is 63.4 Å². The summed E-state index contributed by atoms with van der Waals surface area (Å²) < 4.78 is 15.6. The highest BCUT2D eigenvalue weighted by atomic mass is 19.1. The van der Waals surface area contributed by atoms with Gasteiger partial charge in [0.2, 0.25) is 0 Å². The van der Waals surface area contributed by atoms with E-state index in [0.29, 0.717) is 12.1 Å². The molecule has 0 aliphatic rings. The van der Waals surface area contributed by atoms with Gasteiger partial charge in [-0.1, -0.05) is 75.4 Å². The maximum Gasteiger partial charge on any atom is 0.170 e. The number of hydrogen-bond acceptors (Lipinski definition) is 1. The number of benzene rings is 3. The molecule has 0 atom stereocenters. The summed E-state index contributed by atoms with van der Waals surface area (Å²) in [5.41, 5.74) is 4.24. The van der Waals surface area contributed by atoms with Crippen molar-refractivity contribution in [2.75, 3.05) is 0 Å². The molecule has 146 valence electrons. The number of fused-ring (bicyclic) bond motifs is 1. The lowest BCUT2D eigenvalue weighted by Crippen LogP contribution is -2.20. The van der Waals surface area contributed by atoms with Crippen molar-refractivity contribution >= 4 is 16.7 Å². The number of aromatic nitrogens is 1. The van der Waals surface area contributed by atoms with Crippen LogP contribution in [0.1, 0.15) is 36.7 Å². The van der Waals surface area contributed by atoms with Gasteiger partial charge in [0.25, 0.3) is 0 Å². The molecule has 3 heteroatoms. The van der Waals surface area contributed by atoms with E-state index >= 15 is 0 Å². The molecular weight excluding hydrogens is 361 g/mol. The summed E-state index contributed by atoms with van der Waals surface area (Å²) in [4.78, 5) is 13.3. The highest BCUT2D eigenvalue weighted by molar-refractivity contribution is 6.14. The Balaban J connectivity index is 1.96. The minimum atomic E-state index is -0.498. The van der Waals surface area contributed by atoms with Crippen LogP contribution in [-0.2, 0) is 6.54 Å². The predicted octanol–water partition coefficient (Wildman–Crippen LogP) is 6.72. The third-order valence-corrected chi connectivity index (χ3v) is 5.18. The predicted molar refractivity (Wildman–Crippen MR) is 117 cm³/mol. The van der Waals surface area contributed by atoms with Crippen LogP contribution in [-0.4, -0.2) is 10.4 Å². The molecule has 0 spiro atoms. The summed E-state index contributed by atoms with van der Waals surface area (Å²) in [6.07, 6.45) is 1.97. The molecule has 29 heavy (non-hydrogen) atoms. The smallest absolute Gasteiger partial charge is 0.170 e. The number of carbonyl (C=O) groups is 1. The topological polar surface area (TPSA) is 22.0 Å². The van der Waals surface area contributed by atoms with Crippen molar-refractivity contribution in [2.24, 2.45) is 5.41 Å². The zero-order valence-electron chi connectivity index (χ0n) is 16.9. The number of nitrogens with zero attached hydrogens (tertiary/aromatic N) is 1. The van der Waals surface area contributed by atoms with Crippen LogP contribution in [0.5, 0.6) is 0 Å². The molecule has 0 N–H and O–H groups in total. The standard InChI is InChI=1S/C26H24FNO/c1-26(2,3)25(29)22-17-28(16-18-8-5-4-6-9-18)23-11-7-10-21(24(22)23)19-12-14-20(27)15-13-19/h4-15,17H,16H2,1-3H3. The van der Waals surface area contributed by atoms with Crippen LogP contribution >= 0.6 is 0 Å². The Bertz CT molecular complexity index is 1170. The van der Waals surface area contributed by atoms with Crippen LogP contribution in [0, 0.1) is 11.2 Å². The van der Waals surface area contributed by atoms with E-state index in [-0.39, 0.29) is 11.6 Å². The van der Waals surface area contributed by atoms with Gasteiger partial charge in [-0.15, -0.1) is 0 Å². The summed E-state index contributed by atoms with van der Waals surface area (Å²) in [7, 11) is 0. The second-order valence-electron chi connectivity index (χ2n) is 8.44. The lowest BCUT2D eigenvalue weighted by molar-refractivity contribution is 0.0860. The van der Waals surface area contributed by atoms with E-state index < -0.39 is 5.41 Å². The van der Waals surface area contributed by atoms with E-state index in [1.165, 1.54) is 17.7 Å². The Morgan fingerprint density at radius 1 is 0.897 bits per heavy atom. The Morgan fingerprint density at radius 2 is 1.59 bits per heavy atom. The van der Waals surface area contributed by atoms with E-state index in [2.05, 4.69) is 16.7 Å². The fourth-order valence-electron chi connectivity index (χ4n) is 3.71. The molecule has 0 aliphatic carbocycles. The van der Waals surface area contributed by atoms with Gasteiger partial charge in [0, 0.05) is 34.6 Å². The van der Waals surface area contributed by atoms with Crippen molar-refractivity contribution < 1.29 is 9.18 Å². The second kappa shape index (κ2) is 7.32. The highest BCUT2D eigenvalue weighted by Gasteiger charge is 2.27. The first-order valence-corrected chi connectivity index (χ1v) is 9.81. The molecule has 0 amide bonds. The molecule has 1 heterocycles. The average Bonchev–Trinajstić information content (AvgIpc) is 3.06. The van der Waals surface area contributed by atoms with E-state index in [4.69, 9.17) is 0 Å². The number of Topliss-reactive ketones (excluding diaryl/α,β-unsaturated/α-hetero) is 1. The fourth-order valence-corrected chi connectivity index (χ4v) is 3.71. The molecule has 0 saturated heterocycles. The summed E-state index contributed by atoms with van der Waals surface area (Å²) in [5, 5.41) is 0.926. The summed E-state index contributed by atoms with van der Waals surface area (Å²) in [6.45, 7) is 6.50. The van der Waals surface area contributed by atoms with Crippen LogP contribution in [0.2, 0.25) is 0 Å². The van der Waals surface area contributed by atoms with Gasteiger partial charge in [-0.05, 0) is 34.9 Å². The SMILES string of the molecule is CC(C)(C)C(=O)c1cn(Cc2ccccc2)c2cccc(-c3ccc(F)cc3)c12. The summed E-state index contributed by atoms with van der Waals surface area (Å²) in [5.74, 6) is -0.169. The molecule has 4 rings (SSSR count).